The summed E-state index contributed by atoms with van der Waals surface area (Å²) in [6.07, 6.45) is 4.32. The first-order chi connectivity index (χ1) is 12.4. The zero-order chi connectivity index (χ0) is 16.9. The Morgan fingerprint density at radius 2 is 1.60 bits per heavy atom. The molecule has 3 aliphatic heterocycles. The summed E-state index contributed by atoms with van der Waals surface area (Å²) in [7, 11) is 0. The molecule has 0 atom stereocenters. The fourth-order valence-corrected chi connectivity index (χ4v) is 3.88. The van der Waals surface area contributed by atoms with Crippen molar-refractivity contribution >= 4 is 11.8 Å². The summed E-state index contributed by atoms with van der Waals surface area (Å²) in [5.41, 5.74) is 0. The van der Waals surface area contributed by atoms with Crippen molar-refractivity contribution in [2.45, 2.75) is 12.8 Å². The van der Waals surface area contributed by atoms with Gasteiger partial charge in [0.25, 0.3) is 0 Å². The molecule has 0 saturated carbocycles. The number of morpholine rings is 1. The van der Waals surface area contributed by atoms with E-state index in [9.17, 15) is 0 Å². The fraction of sp³-hybridized carbons (Fsp3) is 0.778. The molecule has 138 valence electrons. The Balaban J connectivity index is 1.31. The summed E-state index contributed by atoms with van der Waals surface area (Å²) in [4.78, 5) is 16.5. The third-order valence-electron chi connectivity index (χ3n) is 5.48. The van der Waals surface area contributed by atoms with Gasteiger partial charge in [-0.3, -0.25) is 4.90 Å². The van der Waals surface area contributed by atoms with Crippen molar-refractivity contribution in [2.75, 3.05) is 82.0 Å². The summed E-state index contributed by atoms with van der Waals surface area (Å²) in [5, 5.41) is 0. The van der Waals surface area contributed by atoms with Crippen LogP contribution in [0.5, 0.6) is 0 Å². The number of piperazine rings is 1. The lowest BCUT2D eigenvalue weighted by molar-refractivity contribution is 0.0517. The van der Waals surface area contributed by atoms with Gasteiger partial charge in [-0.05, 0) is 24.8 Å². The minimum absolute atomic E-state index is 0.762. The Morgan fingerprint density at radius 3 is 2.36 bits per heavy atom. The lowest BCUT2D eigenvalue weighted by Crippen LogP contribution is -2.48. The molecule has 0 amide bonds. The van der Waals surface area contributed by atoms with Crippen molar-refractivity contribution in [2.24, 2.45) is 5.92 Å². The fourth-order valence-electron chi connectivity index (χ4n) is 3.88. The molecule has 0 aromatic carbocycles. The van der Waals surface area contributed by atoms with E-state index in [-0.39, 0.29) is 0 Å². The van der Waals surface area contributed by atoms with E-state index in [0.29, 0.717) is 0 Å². The molecule has 7 heteroatoms. The normalized spacial score (nSPS) is 23.8. The third kappa shape index (κ3) is 4.40. The van der Waals surface area contributed by atoms with Gasteiger partial charge in [0.15, 0.2) is 0 Å². The van der Waals surface area contributed by atoms with E-state index in [1.807, 2.05) is 12.3 Å². The van der Waals surface area contributed by atoms with Crippen LogP contribution in [-0.4, -0.2) is 87.1 Å². The lowest BCUT2D eigenvalue weighted by atomic mass is 9.99. The van der Waals surface area contributed by atoms with Crippen LogP contribution in [0.25, 0.3) is 0 Å². The Labute approximate surface area is 149 Å². The van der Waals surface area contributed by atoms with Crippen molar-refractivity contribution in [1.29, 1.82) is 0 Å². The number of rotatable bonds is 4. The molecule has 0 N–H and O–H groups in total. The minimum atomic E-state index is 0.762. The maximum absolute atomic E-state index is 5.47. The van der Waals surface area contributed by atoms with E-state index in [4.69, 9.17) is 14.5 Å². The van der Waals surface area contributed by atoms with Gasteiger partial charge in [0.2, 0.25) is 5.95 Å². The topological polar surface area (TPSA) is 54.0 Å². The lowest BCUT2D eigenvalue weighted by Gasteiger charge is -2.38. The highest BCUT2D eigenvalue weighted by molar-refractivity contribution is 5.44. The van der Waals surface area contributed by atoms with Crippen LogP contribution < -0.4 is 9.80 Å². The number of nitrogens with zero attached hydrogens (tertiary/aromatic N) is 5. The molecule has 1 aromatic heterocycles. The third-order valence-corrected chi connectivity index (χ3v) is 5.48. The maximum atomic E-state index is 5.47. The molecule has 0 aliphatic carbocycles. The van der Waals surface area contributed by atoms with Gasteiger partial charge in [-0.2, -0.15) is 4.98 Å². The highest BCUT2D eigenvalue weighted by Crippen LogP contribution is 2.20. The van der Waals surface area contributed by atoms with Crippen LogP contribution >= 0.6 is 0 Å². The van der Waals surface area contributed by atoms with Crippen molar-refractivity contribution in [3.8, 4) is 0 Å². The zero-order valence-electron chi connectivity index (χ0n) is 15.0. The molecule has 4 heterocycles. The largest absolute Gasteiger partial charge is 0.381 e. The molecule has 0 spiro atoms. The molecule has 7 nitrogen and oxygen atoms in total. The van der Waals surface area contributed by atoms with Gasteiger partial charge in [0.1, 0.15) is 5.82 Å². The summed E-state index contributed by atoms with van der Waals surface area (Å²) >= 11 is 0. The first-order valence-electron chi connectivity index (χ1n) is 9.59. The number of ether oxygens (including phenoxy) is 2. The van der Waals surface area contributed by atoms with Gasteiger partial charge < -0.3 is 19.3 Å². The van der Waals surface area contributed by atoms with Crippen LogP contribution in [0.2, 0.25) is 0 Å². The second-order valence-electron chi connectivity index (χ2n) is 7.16. The van der Waals surface area contributed by atoms with Crippen molar-refractivity contribution in [1.82, 2.24) is 14.9 Å². The highest BCUT2D eigenvalue weighted by atomic mass is 16.5. The second kappa shape index (κ2) is 8.29. The quantitative estimate of drug-likeness (QED) is 0.801. The average molecular weight is 347 g/mol. The van der Waals surface area contributed by atoms with Gasteiger partial charge in [-0.25, -0.2) is 4.98 Å². The predicted octanol–water partition coefficient (Wildman–Crippen LogP) is 0.862. The standard InChI is InChI=1S/C18H29N5O2/c1-4-19-18(23-9-13-25-14-10-23)20-17(1)22-7-5-21(6-8-22)15-16-2-11-24-12-3-16/h1,4,16H,2-3,5-15H2. The molecule has 0 bridgehead atoms. The molecule has 3 aliphatic rings. The Bertz CT molecular complexity index is 538. The van der Waals surface area contributed by atoms with Gasteiger partial charge >= 0.3 is 0 Å². The molecule has 1 aromatic rings. The van der Waals surface area contributed by atoms with Gasteiger partial charge in [0.05, 0.1) is 13.2 Å². The first-order valence-corrected chi connectivity index (χ1v) is 9.59. The van der Waals surface area contributed by atoms with E-state index in [1.54, 1.807) is 0 Å². The molecule has 3 saturated heterocycles. The van der Waals surface area contributed by atoms with Gasteiger partial charge in [-0.15, -0.1) is 0 Å². The zero-order valence-corrected chi connectivity index (χ0v) is 15.0. The van der Waals surface area contributed by atoms with E-state index in [0.717, 1.165) is 83.4 Å². The van der Waals surface area contributed by atoms with E-state index in [2.05, 4.69) is 19.7 Å². The van der Waals surface area contributed by atoms with Crippen LogP contribution in [0, 0.1) is 5.92 Å². The molecule has 25 heavy (non-hydrogen) atoms. The Kier molecular flexibility index (Phi) is 5.64. The SMILES string of the molecule is c1cc(N2CCN(CC3CCOCC3)CC2)nc(N2CCOCC2)n1. The maximum Gasteiger partial charge on any atom is 0.227 e. The van der Waals surface area contributed by atoms with Crippen molar-refractivity contribution in [3.05, 3.63) is 12.3 Å². The number of hydrogen-bond acceptors (Lipinski definition) is 7. The summed E-state index contributed by atoms with van der Waals surface area (Å²) in [5.74, 6) is 2.71. The highest BCUT2D eigenvalue weighted by Gasteiger charge is 2.23. The van der Waals surface area contributed by atoms with Crippen molar-refractivity contribution in [3.63, 3.8) is 0 Å². The van der Waals surface area contributed by atoms with Crippen LogP contribution in [-0.2, 0) is 9.47 Å². The summed E-state index contributed by atoms with van der Waals surface area (Å²) in [6.45, 7) is 10.7. The minimum Gasteiger partial charge on any atom is -0.381 e. The monoisotopic (exact) mass is 347 g/mol. The number of hydrogen-bond donors (Lipinski definition) is 0. The molecule has 0 radical (unpaired) electrons. The predicted molar refractivity (Wildman–Crippen MR) is 97.3 cm³/mol. The van der Waals surface area contributed by atoms with Crippen LogP contribution in [0.4, 0.5) is 11.8 Å². The molecule has 3 fully saturated rings. The second-order valence-corrected chi connectivity index (χ2v) is 7.16. The molecule has 4 rings (SSSR count). The first kappa shape index (κ1) is 17.0. The van der Waals surface area contributed by atoms with Crippen molar-refractivity contribution < 1.29 is 9.47 Å². The van der Waals surface area contributed by atoms with E-state index < -0.39 is 0 Å². The van der Waals surface area contributed by atoms with Crippen LogP contribution in [0.3, 0.4) is 0 Å². The van der Waals surface area contributed by atoms with Gasteiger partial charge in [0, 0.05) is 65.2 Å². The molecular weight excluding hydrogens is 318 g/mol. The van der Waals surface area contributed by atoms with Crippen LogP contribution in [0.15, 0.2) is 12.3 Å². The Morgan fingerprint density at radius 1 is 0.880 bits per heavy atom. The van der Waals surface area contributed by atoms with E-state index >= 15 is 0 Å². The summed E-state index contributed by atoms with van der Waals surface area (Å²) < 4.78 is 10.9. The smallest absolute Gasteiger partial charge is 0.227 e. The van der Waals surface area contributed by atoms with Gasteiger partial charge in [-0.1, -0.05) is 0 Å². The molecule has 0 unspecified atom stereocenters. The number of aromatic nitrogens is 2. The summed E-state index contributed by atoms with van der Waals surface area (Å²) in [6, 6.07) is 2.04. The number of anilines is 2. The molecular formula is C18H29N5O2. The van der Waals surface area contributed by atoms with Crippen LogP contribution in [0.1, 0.15) is 12.8 Å². The Hall–Kier alpha value is -1.44. The van der Waals surface area contributed by atoms with E-state index in [1.165, 1.54) is 19.4 Å². The average Bonchev–Trinajstić information content (AvgIpc) is 2.70.